The number of benzene rings is 3. The normalized spacial score (nSPS) is 15.2. The Morgan fingerprint density at radius 3 is 2.47 bits per heavy atom. The van der Waals surface area contributed by atoms with Crippen molar-refractivity contribution >= 4 is 14.2 Å². The molecule has 0 aliphatic carbocycles. The van der Waals surface area contributed by atoms with Gasteiger partial charge in [0.2, 0.25) is 5.91 Å². The van der Waals surface area contributed by atoms with Gasteiger partial charge >= 0.3 is 0 Å². The lowest BCUT2D eigenvalue weighted by Crippen LogP contribution is -2.41. The van der Waals surface area contributed by atoms with Gasteiger partial charge in [-0.05, 0) is 96.6 Å². The largest absolute Gasteiger partial charge is 0.508 e. The summed E-state index contributed by atoms with van der Waals surface area (Å²) in [5.74, 6) is 0.434. The van der Waals surface area contributed by atoms with E-state index in [9.17, 15) is 19.8 Å². The van der Waals surface area contributed by atoms with Crippen LogP contribution in [0.4, 0.5) is 0 Å². The number of amides is 1. The standard InChI is InChI=1S/C36H50N2O4Si/c1-26(37-23-33(22-36(2,3)43(4,5)42)30-14-15-34(40)32(21-30)25-39)19-28-10-8-9-27(20-28)13-16-35(41)38-18-17-29-11-6-7-12-31(29)24-38/h6-12,14-15,20-21,26,33,37,39-40,42H,13,16-19,22-25H2,1-5H3/t26-,33+/m1/s1. The number of nitrogens with zero attached hydrogens (tertiary/aromatic N) is 1. The van der Waals surface area contributed by atoms with E-state index in [1.165, 1.54) is 22.3 Å². The molecule has 0 spiro atoms. The number of fused-ring (bicyclic) bond motifs is 1. The number of aliphatic hydroxyl groups excluding tert-OH is 1. The number of rotatable bonds is 13. The van der Waals surface area contributed by atoms with E-state index in [2.05, 4.69) is 68.6 Å². The quantitative estimate of drug-likeness (QED) is 0.178. The van der Waals surface area contributed by atoms with Gasteiger partial charge in [-0.1, -0.05) is 68.4 Å². The Morgan fingerprint density at radius 2 is 1.74 bits per heavy atom. The summed E-state index contributed by atoms with van der Waals surface area (Å²) in [6.07, 6.45) is 3.83. The molecule has 1 heterocycles. The molecule has 232 valence electrons. The van der Waals surface area contributed by atoms with Crippen molar-refractivity contribution in [1.29, 1.82) is 0 Å². The van der Waals surface area contributed by atoms with E-state index in [0.29, 0.717) is 18.5 Å². The van der Waals surface area contributed by atoms with Gasteiger partial charge in [0.05, 0.1) is 6.61 Å². The van der Waals surface area contributed by atoms with Gasteiger partial charge in [0.15, 0.2) is 8.32 Å². The second-order valence-electron chi connectivity index (χ2n) is 13.6. The highest BCUT2D eigenvalue weighted by Crippen LogP contribution is 2.44. The maximum Gasteiger partial charge on any atom is 0.223 e. The molecule has 0 saturated heterocycles. The van der Waals surface area contributed by atoms with Gasteiger partial charge in [0.25, 0.3) is 0 Å². The van der Waals surface area contributed by atoms with E-state index in [4.69, 9.17) is 0 Å². The highest BCUT2D eigenvalue weighted by Gasteiger charge is 2.40. The number of aliphatic hydroxyl groups is 1. The first-order valence-corrected chi connectivity index (χ1v) is 18.6. The number of aryl methyl sites for hydroxylation is 1. The summed E-state index contributed by atoms with van der Waals surface area (Å²) in [6, 6.07) is 22.7. The zero-order valence-corrected chi connectivity index (χ0v) is 27.6. The predicted molar refractivity (Wildman–Crippen MR) is 177 cm³/mol. The summed E-state index contributed by atoms with van der Waals surface area (Å²) in [6.45, 7) is 12.5. The van der Waals surface area contributed by atoms with E-state index < -0.39 is 8.32 Å². The number of nitrogens with one attached hydrogen (secondary N) is 1. The molecule has 2 atom stereocenters. The lowest BCUT2D eigenvalue weighted by molar-refractivity contribution is -0.132. The van der Waals surface area contributed by atoms with E-state index in [-0.39, 0.29) is 35.3 Å². The fourth-order valence-corrected chi connectivity index (χ4v) is 6.70. The number of hydrogen-bond donors (Lipinski definition) is 4. The predicted octanol–water partition coefficient (Wildman–Crippen LogP) is 6.07. The van der Waals surface area contributed by atoms with Gasteiger partial charge in [0, 0.05) is 37.7 Å². The number of phenols is 1. The highest BCUT2D eigenvalue weighted by molar-refractivity contribution is 6.72. The lowest BCUT2D eigenvalue weighted by atomic mass is 9.88. The van der Waals surface area contributed by atoms with Crippen molar-refractivity contribution < 1.29 is 19.8 Å². The molecule has 1 aliphatic rings. The molecule has 0 fully saturated rings. The zero-order valence-electron chi connectivity index (χ0n) is 26.6. The second-order valence-corrected chi connectivity index (χ2v) is 18.0. The summed E-state index contributed by atoms with van der Waals surface area (Å²) in [5, 5.41) is 23.4. The van der Waals surface area contributed by atoms with Crippen molar-refractivity contribution in [3.63, 3.8) is 0 Å². The van der Waals surface area contributed by atoms with E-state index >= 15 is 0 Å². The topological polar surface area (TPSA) is 93.0 Å². The Morgan fingerprint density at radius 1 is 1.02 bits per heavy atom. The third-order valence-electron chi connectivity index (χ3n) is 9.52. The average Bonchev–Trinajstić information content (AvgIpc) is 2.97. The molecule has 7 heteroatoms. The molecule has 6 nitrogen and oxygen atoms in total. The zero-order chi connectivity index (χ0) is 31.2. The molecular weight excluding hydrogens is 552 g/mol. The Kier molecular flexibility index (Phi) is 10.9. The summed E-state index contributed by atoms with van der Waals surface area (Å²) in [5.41, 5.74) is 6.62. The lowest BCUT2D eigenvalue weighted by Gasteiger charge is -2.38. The van der Waals surface area contributed by atoms with Crippen molar-refractivity contribution in [3.8, 4) is 5.75 Å². The number of carbonyl (C=O) groups excluding carboxylic acids is 1. The van der Waals surface area contributed by atoms with Crippen LogP contribution in [0.15, 0.2) is 66.7 Å². The molecule has 1 aliphatic heterocycles. The number of hydrogen-bond acceptors (Lipinski definition) is 5. The van der Waals surface area contributed by atoms with Crippen molar-refractivity contribution in [2.24, 2.45) is 0 Å². The van der Waals surface area contributed by atoms with Crippen molar-refractivity contribution in [1.82, 2.24) is 10.2 Å². The fraction of sp³-hybridized carbons (Fsp3) is 0.472. The molecule has 3 aromatic rings. The third-order valence-corrected chi connectivity index (χ3v) is 13.0. The maximum atomic E-state index is 13.0. The van der Waals surface area contributed by atoms with Crippen LogP contribution in [0, 0.1) is 0 Å². The van der Waals surface area contributed by atoms with Crippen LogP contribution in [0.5, 0.6) is 5.75 Å². The molecule has 0 aromatic heterocycles. The van der Waals surface area contributed by atoms with Crippen LogP contribution >= 0.6 is 0 Å². The van der Waals surface area contributed by atoms with Crippen molar-refractivity contribution in [3.05, 3.63) is 100 Å². The average molecular weight is 603 g/mol. The minimum Gasteiger partial charge on any atom is -0.508 e. The molecule has 3 aromatic carbocycles. The van der Waals surface area contributed by atoms with Crippen LogP contribution < -0.4 is 5.32 Å². The van der Waals surface area contributed by atoms with Gasteiger partial charge in [-0.15, -0.1) is 0 Å². The molecule has 0 saturated carbocycles. The number of aromatic hydroxyl groups is 1. The summed E-state index contributed by atoms with van der Waals surface area (Å²) in [7, 11) is -2.43. The van der Waals surface area contributed by atoms with Crippen LogP contribution in [-0.2, 0) is 37.2 Å². The summed E-state index contributed by atoms with van der Waals surface area (Å²) in [4.78, 5) is 26.0. The molecule has 43 heavy (non-hydrogen) atoms. The Bertz CT molecular complexity index is 1380. The smallest absolute Gasteiger partial charge is 0.223 e. The first-order chi connectivity index (χ1) is 20.4. The van der Waals surface area contributed by atoms with Crippen LogP contribution in [0.25, 0.3) is 0 Å². The van der Waals surface area contributed by atoms with Gasteiger partial charge < -0.3 is 25.2 Å². The molecule has 0 radical (unpaired) electrons. The molecule has 1 amide bonds. The van der Waals surface area contributed by atoms with Gasteiger partial charge in [-0.25, -0.2) is 0 Å². The monoisotopic (exact) mass is 602 g/mol. The minimum absolute atomic E-state index is 0.102. The minimum atomic E-state index is -2.43. The maximum absolute atomic E-state index is 13.0. The van der Waals surface area contributed by atoms with Crippen LogP contribution in [-0.4, -0.2) is 53.3 Å². The Hall–Kier alpha value is -2.97. The number of carbonyl (C=O) groups is 1. The molecular formula is C36H50N2O4Si. The SMILES string of the molecule is C[C@H](Cc1cccc(CCC(=O)N2CCc3ccccc3C2)c1)NC[C@H](CC(C)(C)[Si](C)(C)O)c1ccc(O)c(CO)c1. The van der Waals surface area contributed by atoms with E-state index in [0.717, 1.165) is 44.3 Å². The van der Waals surface area contributed by atoms with Gasteiger partial charge in [-0.3, -0.25) is 4.79 Å². The summed E-state index contributed by atoms with van der Waals surface area (Å²) < 4.78 is 0. The first-order valence-electron chi connectivity index (χ1n) is 15.7. The van der Waals surface area contributed by atoms with E-state index in [1.807, 2.05) is 36.2 Å². The molecule has 4 rings (SSSR count). The second kappa shape index (κ2) is 14.2. The Balaban J connectivity index is 1.35. The molecule has 0 bridgehead atoms. The van der Waals surface area contributed by atoms with Gasteiger partial charge in [0.1, 0.15) is 5.75 Å². The Labute approximate surface area is 258 Å². The van der Waals surface area contributed by atoms with E-state index in [1.54, 1.807) is 6.07 Å². The third kappa shape index (κ3) is 8.79. The highest BCUT2D eigenvalue weighted by atomic mass is 28.4. The van der Waals surface area contributed by atoms with Crippen LogP contribution in [0.1, 0.15) is 72.9 Å². The van der Waals surface area contributed by atoms with Gasteiger partial charge in [-0.2, -0.15) is 0 Å². The van der Waals surface area contributed by atoms with Crippen LogP contribution in [0.2, 0.25) is 18.1 Å². The first kappa shape index (κ1) is 32.9. The molecule has 0 unspecified atom stereocenters. The summed E-state index contributed by atoms with van der Waals surface area (Å²) >= 11 is 0. The van der Waals surface area contributed by atoms with Crippen LogP contribution in [0.3, 0.4) is 0 Å². The van der Waals surface area contributed by atoms with Crippen molar-refractivity contribution in [2.45, 2.75) is 96.1 Å². The fourth-order valence-electron chi connectivity index (χ4n) is 5.96. The van der Waals surface area contributed by atoms with Crippen molar-refractivity contribution in [2.75, 3.05) is 13.1 Å². The molecule has 4 N–H and O–H groups in total.